The molecule has 0 aromatic heterocycles. The minimum absolute atomic E-state index is 0.0981. The number of aliphatic carboxylic acids is 1. The monoisotopic (exact) mass is 330 g/mol. The van der Waals surface area contributed by atoms with E-state index in [9.17, 15) is 14.7 Å². The van der Waals surface area contributed by atoms with E-state index in [1.54, 1.807) is 27.7 Å². The van der Waals surface area contributed by atoms with Crippen LogP contribution < -0.4 is 10.6 Å². The Kier molecular flexibility index (Phi) is 6.44. The van der Waals surface area contributed by atoms with Crippen LogP contribution in [0.5, 0.6) is 0 Å². The third-order valence-corrected chi connectivity index (χ3v) is 4.00. The van der Waals surface area contributed by atoms with Crippen molar-refractivity contribution in [2.45, 2.75) is 64.0 Å². The fraction of sp³-hybridized carbons (Fsp3) is 0.857. The van der Waals surface area contributed by atoms with Gasteiger partial charge in [-0.05, 0) is 52.9 Å². The van der Waals surface area contributed by atoms with Crippen molar-refractivity contribution in [2.75, 3.05) is 6.54 Å². The molecule has 1 aliphatic rings. The molecule has 0 aromatic carbocycles. The highest BCUT2D eigenvalue weighted by atomic mass is 16.6. The number of carboxylic acids is 1. The van der Waals surface area contributed by atoms with Crippen LogP contribution in [0.25, 0.3) is 0 Å². The van der Waals surface area contributed by atoms with Gasteiger partial charge in [-0.3, -0.25) is 0 Å². The van der Waals surface area contributed by atoms with Crippen LogP contribution in [0.1, 0.15) is 40.5 Å². The average molecular weight is 330 g/mol. The first-order chi connectivity index (χ1) is 10.5. The minimum Gasteiger partial charge on any atom is -0.479 e. The van der Waals surface area contributed by atoms with E-state index in [0.29, 0.717) is 13.0 Å². The second kappa shape index (κ2) is 7.50. The molecule has 0 saturated carbocycles. The van der Waals surface area contributed by atoms with Crippen LogP contribution in [0.2, 0.25) is 6.32 Å². The zero-order valence-electron chi connectivity index (χ0n) is 14.1. The fourth-order valence-corrected chi connectivity index (χ4v) is 2.78. The van der Waals surface area contributed by atoms with Crippen molar-refractivity contribution in [3.05, 3.63) is 0 Å². The molecule has 0 unspecified atom stereocenters. The van der Waals surface area contributed by atoms with Gasteiger partial charge in [-0.2, -0.15) is 0 Å². The predicted octanol–water partition coefficient (Wildman–Crippen LogP) is 0.195. The quantitative estimate of drug-likeness (QED) is 0.455. The van der Waals surface area contributed by atoms with E-state index in [-0.39, 0.29) is 18.7 Å². The van der Waals surface area contributed by atoms with E-state index in [1.165, 1.54) is 0 Å². The predicted molar refractivity (Wildman–Crippen MR) is 84.9 cm³/mol. The Bertz CT molecular complexity index is 439. The van der Waals surface area contributed by atoms with Crippen LogP contribution in [0.15, 0.2) is 0 Å². The van der Waals surface area contributed by atoms with Crippen molar-refractivity contribution in [2.24, 2.45) is 5.92 Å². The maximum absolute atomic E-state index is 12.1. The SMILES string of the molecule is C[C@@H]1NC[C@@H](CCB(O)O)C[C@]1(NC(=O)OC(C)(C)C)C(=O)O. The second-order valence-corrected chi connectivity index (χ2v) is 7.16. The van der Waals surface area contributed by atoms with E-state index in [1.807, 2.05) is 0 Å². The first-order valence-electron chi connectivity index (χ1n) is 7.80. The summed E-state index contributed by atoms with van der Waals surface area (Å²) in [6.07, 6.45) is 0.0182. The Hall–Kier alpha value is -1.32. The normalized spacial score (nSPS) is 28.1. The molecule has 1 rings (SSSR count). The Morgan fingerprint density at radius 3 is 2.48 bits per heavy atom. The van der Waals surface area contributed by atoms with Crippen molar-refractivity contribution in [3.63, 3.8) is 0 Å². The third-order valence-electron chi connectivity index (χ3n) is 4.00. The van der Waals surface area contributed by atoms with Gasteiger partial charge in [-0.15, -0.1) is 0 Å². The van der Waals surface area contributed by atoms with Gasteiger partial charge < -0.3 is 30.5 Å². The molecule has 0 aliphatic carbocycles. The maximum atomic E-state index is 12.1. The molecular weight excluding hydrogens is 303 g/mol. The molecule has 1 saturated heterocycles. The van der Waals surface area contributed by atoms with Crippen molar-refractivity contribution in [1.29, 1.82) is 0 Å². The largest absolute Gasteiger partial charge is 0.479 e. The summed E-state index contributed by atoms with van der Waals surface area (Å²) in [6, 6.07) is -0.484. The molecule has 1 amide bonds. The number of hydrogen-bond acceptors (Lipinski definition) is 6. The average Bonchev–Trinajstić information content (AvgIpc) is 2.37. The molecule has 5 N–H and O–H groups in total. The Balaban J connectivity index is 2.86. The first kappa shape index (κ1) is 19.7. The van der Waals surface area contributed by atoms with Gasteiger partial charge >= 0.3 is 19.2 Å². The summed E-state index contributed by atoms with van der Waals surface area (Å²) >= 11 is 0. The van der Waals surface area contributed by atoms with Gasteiger partial charge in [0.25, 0.3) is 0 Å². The number of carbonyl (C=O) groups excluding carboxylic acids is 1. The third kappa shape index (κ3) is 5.67. The summed E-state index contributed by atoms with van der Waals surface area (Å²) in [5.74, 6) is -1.24. The molecule has 132 valence electrons. The first-order valence-corrected chi connectivity index (χ1v) is 7.80. The van der Waals surface area contributed by atoms with E-state index in [4.69, 9.17) is 14.8 Å². The van der Waals surface area contributed by atoms with Crippen LogP contribution >= 0.6 is 0 Å². The number of alkyl carbamates (subject to hydrolysis) is 1. The van der Waals surface area contributed by atoms with Crippen LogP contribution in [-0.4, -0.2) is 58.1 Å². The Morgan fingerprint density at radius 1 is 1.39 bits per heavy atom. The number of nitrogens with one attached hydrogen (secondary N) is 2. The maximum Gasteiger partial charge on any atom is 0.451 e. The smallest absolute Gasteiger partial charge is 0.451 e. The van der Waals surface area contributed by atoms with Crippen LogP contribution in [0.4, 0.5) is 4.79 Å². The highest BCUT2D eigenvalue weighted by Crippen LogP contribution is 2.29. The van der Waals surface area contributed by atoms with E-state index < -0.39 is 36.4 Å². The zero-order valence-corrected chi connectivity index (χ0v) is 14.1. The highest BCUT2D eigenvalue weighted by molar-refractivity contribution is 6.40. The van der Waals surface area contributed by atoms with Crippen LogP contribution in [0, 0.1) is 5.92 Å². The van der Waals surface area contributed by atoms with E-state index >= 15 is 0 Å². The van der Waals surface area contributed by atoms with Crippen molar-refractivity contribution >= 4 is 19.2 Å². The Morgan fingerprint density at radius 2 is 2.00 bits per heavy atom. The molecule has 3 atom stereocenters. The lowest BCUT2D eigenvalue weighted by Crippen LogP contribution is -2.69. The molecule has 0 radical (unpaired) electrons. The van der Waals surface area contributed by atoms with Gasteiger partial charge in [0.2, 0.25) is 0 Å². The molecule has 1 heterocycles. The van der Waals surface area contributed by atoms with Gasteiger partial charge in [0.15, 0.2) is 5.54 Å². The molecule has 0 spiro atoms. The lowest BCUT2D eigenvalue weighted by atomic mass is 9.73. The number of carboxylic acid groups (broad SMARTS) is 1. The van der Waals surface area contributed by atoms with Crippen molar-refractivity contribution in [1.82, 2.24) is 10.6 Å². The summed E-state index contributed by atoms with van der Waals surface area (Å²) in [4.78, 5) is 23.9. The van der Waals surface area contributed by atoms with Crippen LogP contribution in [-0.2, 0) is 9.53 Å². The lowest BCUT2D eigenvalue weighted by molar-refractivity contribution is -0.148. The molecule has 9 heteroatoms. The number of rotatable bonds is 5. The molecular formula is C14H27BN2O6. The van der Waals surface area contributed by atoms with Crippen molar-refractivity contribution in [3.8, 4) is 0 Å². The molecule has 0 aromatic rings. The summed E-state index contributed by atoms with van der Waals surface area (Å²) < 4.78 is 5.18. The summed E-state index contributed by atoms with van der Waals surface area (Å²) in [5.41, 5.74) is -2.22. The number of ether oxygens (including phenoxy) is 1. The van der Waals surface area contributed by atoms with Crippen LogP contribution in [0.3, 0.4) is 0 Å². The lowest BCUT2D eigenvalue weighted by Gasteiger charge is -2.43. The highest BCUT2D eigenvalue weighted by Gasteiger charge is 2.50. The molecule has 23 heavy (non-hydrogen) atoms. The summed E-state index contributed by atoms with van der Waals surface area (Å²) in [7, 11) is -1.42. The summed E-state index contributed by atoms with van der Waals surface area (Å²) in [5, 5.41) is 33.2. The molecule has 8 nitrogen and oxygen atoms in total. The number of amides is 1. The van der Waals surface area contributed by atoms with Gasteiger partial charge in [0.05, 0.1) is 0 Å². The van der Waals surface area contributed by atoms with E-state index in [2.05, 4.69) is 10.6 Å². The standard InChI is InChI=1S/C14H27BN2O6/c1-9-14(11(18)19,17-12(20)23-13(2,3)4)7-10(8-16-9)5-6-15(21)22/h9-10,16,21-22H,5-8H2,1-4H3,(H,17,20)(H,18,19)/t9-,10-,14+/m0/s1. The number of piperidine rings is 1. The number of hydrogen-bond donors (Lipinski definition) is 5. The van der Waals surface area contributed by atoms with Gasteiger partial charge in [-0.1, -0.05) is 6.42 Å². The van der Waals surface area contributed by atoms with Gasteiger partial charge in [-0.25, -0.2) is 9.59 Å². The van der Waals surface area contributed by atoms with Gasteiger partial charge in [0, 0.05) is 6.04 Å². The molecule has 1 fully saturated rings. The van der Waals surface area contributed by atoms with Crippen molar-refractivity contribution < 1.29 is 29.5 Å². The Labute approximate surface area is 136 Å². The fourth-order valence-electron chi connectivity index (χ4n) is 2.78. The number of carbonyl (C=O) groups is 2. The molecule has 0 bridgehead atoms. The van der Waals surface area contributed by atoms with Gasteiger partial charge in [0.1, 0.15) is 5.60 Å². The topological polar surface area (TPSA) is 128 Å². The minimum atomic E-state index is -1.49. The zero-order chi connectivity index (χ0) is 17.8. The second-order valence-electron chi connectivity index (χ2n) is 7.16. The summed E-state index contributed by atoms with van der Waals surface area (Å²) in [6.45, 7) is 7.36. The van der Waals surface area contributed by atoms with E-state index in [0.717, 1.165) is 0 Å². The molecule has 1 aliphatic heterocycles.